The summed E-state index contributed by atoms with van der Waals surface area (Å²) in [6.45, 7) is 0. The van der Waals surface area contributed by atoms with Crippen LogP contribution in [0.15, 0.2) is 53.0 Å². The average molecular weight is 447 g/mol. The highest BCUT2D eigenvalue weighted by molar-refractivity contribution is 9.10. The first-order chi connectivity index (χ1) is 12.2. The van der Waals surface area contributed by atoms with Crippen molar-refractivity contribution in [2.45, 2.75) is 6.18 Å². The number of nitrogens with one attached hydrogen (secondary N) is 2. The molecule has 0 unspecified atom stereocenters. The molecule has 26 heavy (non-hydrogen) atoms. The van der Waals surface area contributed by atoms with E-state index in [0.29, 0.717) is 5.69 Å². The molecule has 0 fully saturated rings. The maximum Gasteiger partial charge on any atom is 0.416 e. The number of hydrogen-bond acceptors (Lipinski definition) is 3. The van der Waals surface area contributed by atoms with Crippen LogP contribution in [0.3, 0.4) is 0 Å². The number of carbonyl (C=O) groups excluding carboxylic acids is 2. The highest BCUT2D eigenvalue weighted by atomic mass is 79.9. The number of hydrogen-bond donors (Lipinski definition) is 2. The van der Waals surface area contributed by atoms with Crippen LogP contribution in [-0.4, -0.2) is 23.3 Å². The molecule has 2 aromatic rings. The van der Waals surface area contributed by atoms with Crippen LogP contribution in [0.5, 0.6) is 0 Å². The van der Waals surface area contributed by atoms with Crippen LogP contribution in [0, 0.1) is 0 Å². The van der Waals surface area contributed by atoms with E-state index in [1.807, 2.05) is 6.07 Å². The van der Waals surface area contributed by atoms with Gasteiger partial charge in [0, 0.05) is 15.8 Å². The van der Waals surface area contributed by atoms with Gasteiger partial charge in [0.2, 0.25) is 11.8 Å². The van der Waals surface area contributed by atoms with Crippen molar-refractivity contribution in [3.05, 3.63) is 58.6 Å². The lowest BCUT2D eigenvalue weighted by atomic mass is 10.2. The van der Waals surface area contributed by atoms with Crippen LogP contribution >= 0.6 is 27.7 Å². The summed E-state index contributed by atoms with van der Waals surface area (Å²) < 4.78 is 38.7. The largest absolute Gasteiger partial charge is 0.416 e. The summed E-state index contributed by atoms with van der Waals surface area (Å²) in [6.07, 6.45) is -4.47. The molecule has 4 nitrogen and oxygen atoms in total. The van der Waals surface area contributed by atoms with Gasteiger partial charge >= 0.3 is 6.18 Å². The van der Waals surface area contributed by atoms with E-state index in [1.54, 1.807) is 18.2 Å². The van der Waals surface area contributed by atoms with Gasteiger partial charge in [-0.3, -0.25) is 9.59 Å². The van der Waals surface area contributed by atoms with Crippen molar-refractivity contribution >= 4 is 50.9 Å². The van der Waals surface area contributed by atoms with Crippen LogP contribution in [0.4, 0.5) is 24.5 Å². The van der Waals surface area contributed by atoms with Gasteiger partial charge < -0.3 is 10.6 Å². The van der Waals surface area contributed by atoms with Crippen LogP contribution in [-0.2, 0) is 15.8 Å². The standard InChI is InChI=1S/C17H14BrF3N2O2S/c18-12-4-2-6-14(8-12)23-16(25)10-26-9-15(24)22-13-5-1-3-11(7-13)17(19,20)21/h1-8H,9-10H2,(H,22,24)(H,23,25). The predicted octanol–water partition coefficient (Wildman–Crippen LogP) is 4.78. The first kappa shape index (κ1) is 20.3. The highest BCUT2D eigenvalue weighted by Gasteiger charge is 2.30. The molecule has 0 aromatic heterocycles. The van der Waals surface area contributed by atoms with Crippen LogP contribution < -0.4 is 10.6 Å². The maximum absolute atomic E-state index is 12.6. The molecule has 0 saturated carbocycles. The zero-order chi connectivity index (χ0) is 19.2. The molecule has 0 saturated heterocycles. The summed E-state index contributed by atoms with van der Waals surface area (Å²) in [5.74, 6) is -0.769. The van der Waals surface area contributed by atoms with Crippen LogP contribution in [0.25, 0.3) is 0 Å². The second kappa shape index (κ2) is 9.09. The van der Waals surface area contributed by atoms with E-state index in [-0.39, 0.29) is 23.1 Å². The molecule has 0 spiro atoms. The van der Waals surface area contributed by atoms with Gasteiger partial charge in [-0.25, -0.2) is 0 Å². The fourth-order valence-corrected chi connectivity index (χ4v) is 2.99. The molecule has 0 aliphatic heterocycles. The van der Waals surface area contributed by atoms with E-state index in [9.17, 15) is 22.8 Å². The topological polar surface area (TPSA) is 58.2 Å². The van der Waals surface area contributed by atoms with Crippen LogP contribution in [0.2, 0.25) is 0 Å². The number of alkyl halides is 3. The molecule has 2 N–H and O–H groups in total. The molecule has 0 bridgehead atoms. The van der Waals surface area contributed by atoms with Gasteiger partial charge in [0.05, 0.1) is 17.1 Å². The molecule has 9 heteroatoms. The number of carbonyl (C=O) groups is 2. The second-order valence-electron chi connectivity index (χ2n) is 5.18. The minimum absolute atomic E-state index is 0.0442. The van der Waals surface area contributed by atoms with Gasteiger partial charge in [-0.05, 0) is 36.4 Å². The minimum Gasteiger partial charge on any atom is -0.325 e. The first-order valence-corrected chi connectivity index (χ1v) is 9.29. The Balaban J connectivity index is 1.78. The van der Waals surface area contributed by atoms with Gasteiger partial charge in [-0.1, -0.05) is 28.1 Å². The fourth-order valence-electron chi connectivity index (χ4n) is 1.97. The highest BCUT2D eigenvalue weighted by Crippen LogP contribution is 2.30. The third-order valence-electron chi connectivity index (χ3n) is 3.05. The fraction of sp³-hybridized carbons (Fsp3) is 0.176. The predicted molar refractivity (Wildman–Crippen MR) is 100 cm³/mol. The maximum atomic E-state index is 12.6. The average Bonchev–Trinajstić information content (AvgIpc) is 2.54. The summed E-state index contributed by atoms with van der Waals surface area (Å²) in [5, 5.41) is 5.07. The van der Waals surface area contributed by atoms with E-state index in [2.05, 4.69) is 26.6 Å². The third-order valence-corrected chi connectivity index (χ3v) is 4.47. The molecule has 2 amide bonds. The van der Waals surface area contributed by atoms with Crippen molar-refractivity contribution < 1.29 is 22.8 Å². The van der Waals surface area contributed by atoms with Gasteiger partial charge in [0.1, 0.15) is 0 Å². The minimum atomic E-state index is -4.47. The molecule has 138 valence electrons. The molecule has 0 heterocycles. The van der Waals surface area contributed by atoms with Gasteiger partial charge in [-0.15, -0.1) is 11.8 Å². The Hall–Kier alpha value is -2.00. The number of benzene rings is 2. The van der Waals surface area contributed by atoms with Crippen LogP contribution in [0.1, 0.15) is 5.56 Å². The van der Waals surface area contributed by atoms with Gasteiger partial charge in [0.15, 0.2) is 0 Å². The number of halogens is 4. The summed E-state index contributed by atoms with van der Waals surface area (Å²) in [6, 6.07) is 11.4. The Morgan fingerprint density at radius 2 is 1.46 bits per heavy atom. The van der Waals surface area contributed by atoms with Crippen molar-refractivity contribution in [1.29, 1.82) is 0 Å². The van der Waals surface area contributed by atoms with Crippen molar-refractivity contribution in [2.75, 3.05) is 22.1 Å². The molecule has 0 atom stereocenters. The van der Waals surface area contributed by atoms with Crippen molar-refractivity contribution in [3.63, 3.8) is 0 Å². The monoisotopic (exact) mass is 446 g/mol. The SMILES string of the molecule is O=C(CSCC(=O)Nc1cccc(C(F)(F)F)c1)Nc1cccc(Br)c1. The molecule has 0 radical (unpaired) electrons. The molecular weight excluding hydrogens is 433 g/mol. The summed E-state index contributed by atoms with van der Waals surface area (Å²) in [5.41, 5.74) is -0.154. The normalized spacial score (nSPS) is 11.1. The lowest BCUT2D eigenvalue weighted by Crippen LogP contribution is -2.18. The smallest absolute Gasteiger partial charge is 0.325 e. The Morgan fingerprint density at radius 1 is 0.923 bits per heavy atom. The lowest BCUT2D eigenvalue weighted by molar-refractivity contribution is -0.137. The Morgan fingerprint density at radius 3 is 2.00 bits per heavy atom. The molecular formula is C17H14BrF3N2O2S. The van der Waals surface area contributed by atoms with Crippen molar-refractivity contribution in [2.24, 2.45) is 0 Å². The lowest BCUT2D eigenvalue weighted by Gasteiger charge is -2.10. The zero-order valence-corrected chi connectivity index (χ0v) is 15.7. The molecule has 0 aliphatic rings. The van der Waals surface area contributed by atoms with E-state index in [1.165, 1.54) is 12.1 Å². The second-order valence-corrected chi connectivity index (χ2v) is 7.08. The Bertz CT molecular complexity index is 800. The van der Waals surface area contributed by atoms with E-state index >= 15 is 0 Å². The summed E-state index contributed by atoms with van der Waals surface area (Å²) in [7, 11) is 0. The van der Waals surface area contributed by atoms with Gasteiger partial charge in [0.25, 0.3) is 0 Å². The number of thioether (sulfide) groups is 1. The molecule has 0 aliphatic carbocycles. The van der Waals surface area contributed by atoms with Crippen molar-refractivity contribution in [3.8, 4) is 0 Å². The molecule has 2 rings (SSSR count). The van der Waals surface area contributed by atoms with E-state index in [0.717, 1.165) is 28.4 Å². The summed E-state index contributed by atoms with van der Waals surface area (Å²) in [4.78, 5) is 23.6. The van der Waals surface area contributed by atoms with E-state index < -0.39 is 17.6 Å². The Labute approximate surface area is 160 Å². The number of amides is 2. The zero-order valence-electron chi connectivity index (χ0n) is 13.3. The summed E-state index contributed by atoms with van der Waals surface area (Å²) >= 11 is 4.36. The van der Waals surface area contributed by atoms with Gasteiger partial charge in [-0.2, -0.15) is 13.2 Å². The van der Waals surface area contributed by atoms with E-state index in [4.69, 9.17) is 0 Å². The number of anilines is 2. The third kappa shape index (κ3) is 6.72. The Kier molecular flexibility index (Phi) is 7.10. The molecule has 2 aromatic carbocycles. The quantitative estimate of drug-likeness (QED) is 0.671. The van der Waals surface area contributed by atoms with Crippen molar-refractivity contribution in [1.82, 2.24) is 0 Å². The number of rotatable bonds is 6. The first-order valence-electron chi connectivity index (χ1n) is 7.34.